The number of carbonyl (C=O) groups excluding carboxylic acids is 1. The molecule has 1 aliphatic rings. The van der Waals surface area contributed by atoms with E-state index in [0.717, 1.165) is 30.2 Å². The van der Waals surface area contributed by atoms with Crippen LogP contribution in [0.2, 0.25) is 0 Å². The summed E-state index contributed by atoms with van der Waals surface area (Å²) in [6, 6.07) is 9.69. The third-order valence-corrected chi connectivity index (χ3v) is 4.46. The highest BCUT2D eigenvalue weighted by Gasteiger charge is 2.19. The predicted molar refractivity (Wildman–Crippen MR) is 101 cm³/mol. The number of rotatable bonds is 6. The quantitative estimate of drug-likeness (QED) is 0.861. The van der Waals surface area contributed by atoms with Gasteiger partial charge in [0.05, 0.1) is 25.9 Å². The number of carbonyl (C=O) groups is 1. The van der Waals surface area contributed by atoms with Crippen LogP contribution in [0, 0.1) is 6.92 Å². The molecule has 2 heterocycles. The molecule has 1 fully saturated rings. The maximum absolute atomic E-state index is 12.7. The number of aryl methyl sites for hydroxylation is 1. The van der Waals surface area contributed by atoms with Gasteiger partial charge in [-0.2, -0.15) is 0 Å². The fourth-order valence-electron chi connectivity index (χ4n) is 3.11. The Balaban J connectivity index is 1.65. The van der Waals surface area contributed by atoms with Gasteiger partial charge in [-0.05, 0) is 37.1 Å². The summed E-state index contributed by atoms with van der Waals surface area (Å²) in [5.41, 5.74) is 2.87. The van der Waals surface area contributed by atoms with Gasteiger partial charge in [-0.1, -0.05) is 17.7 Å². The van der Waals surface area contributed by atoms with Gasteiger partial charge in [0.2, 0.25) is 0 Å². The summed E-state index contributed by atoms with van der Waals surface area (Å²) >= 11 is 0. The van der Waals surface area contributed by atoms with Crippen LogP contribution in [0.25, 0.3) is 0 Å². The van der Waals surface area contributed by atoms with Crippen molar-refractivity contribution in [2.24, 2.45) is 0 Å². The van der Waals surface area contributed by atoms with Crippen LogP contribution in [0.4, 0.5) is 5.82 Å². The second kappa shape index (κ2) is 8.67. The zero-order valence-corrected chi connectivity index (χ0v) is 15.3. The molecule has 1 N–H and O–H groups in total. The lowest BCUT2D eigenvalue weighted by Crippen LogP contribution is -2.38. The Hall–Kier alpha value is -2.60. The summed E-state index contributed by atoms with van der Waals surface area (Å²) in [5, 5.41) is 3.01. The first kappa shape index (κ1) is 18.2. The van der Waals surface area contributed by atoms with Crippen molar-refractivity contribution in [3.05, 3.63) is 53.2 Å². The number of morpholine rings is 1. The Morgan fingerprint density at radius 2 is 2.12 bits per heavy atom. The highest BCUT2D eigenvalue weighted by atomic mass is 16.5. The minimum Gasteiger partial charge on any atom is -0.496 e. The summed E-state index contributed by atoms with van der Waals surface area (Å²) < 4.78 is 10.8. The van der Waals surface area contributed by atoms with Gasteiger partial charge >= 0.3 is 0 Å². The van der Waals surface area contributed by atoms with E-state index in [1.165, 1.54) is 5.56 Å². The van der Waals surface area contributed by atoms with Crippen molar-refractivity contribution in [1.29, 1.82) is 0 Å². The van der Waals surface area contributed by atoms with E-state index >= 15 is 0 Å². The average molecular weight is 355 g/mol. The van der Waals surface area contributed by atoms with Crippen molar-refractivity contribution >= 4 is 11.7 Å². The van der Waals surface area contributed by atoms with Gasteiger partial charge in [-0.25, -0.2) is 4.98 Å². The summed E-state index contributed by atoms with van der Waals surface area (Å²) in [6.45, 7) is 5.40. The number of amides is 1. The molecular weight excluding hydrogens is 330 g/mol. The zero-order chi connectivity index (χ0) is 18.4. The Morgan fingerprint density at radius 3 is 2.88 bits per heavy atom. The lowest BCUT2D eigenvalue weighted by Gasteiger charge is -2.29. The second-order valence-electron chi connectivity index (χ2n) is 6.30. The van der Waals surface area contributed by atoms with Crippen molar-refractivity contribution in [3.8, 4) is 5.75 Å². The topological polar surface area (TPSA) is 63.7 Å². The molecule has 3 rings (SSSR count). The van der Waals surface area contributed by atoms with Crippen molar-refractivity contribution in [3.63, 3.8) is 0 Å². The highest BCUT2D eigenvalue weighted by Crippen LogP contribution is 2.21. The molecule has 0 radical (unpaired) electrons. The van der Waals surface area contributed by atoms with Crippen LogP contribution in [0.15, 0.2) is 36.5 Å². The van der Waals surface area contributed by atoms with Crippen LogP contribution in [0.3, 0.4) is 0 Å². The molecule has 0 aliphatic carbocycles. The monoisotopic (exact) mass is 355 g/mol. The molecule has 0 spiro atoms. The van der Waals surface area contributed by atoms with Crippen LogP contribution < -0.4 is 15.0 Å². The molecule has 0 unspecified atom stereocenters. The first-order chi connectivity index (χ1) is 12.7. The van der Waals surface area contributed by atoms with Gasteiger partial charge in [-0.15, -0.1) is 0 Å². The maximum atomic E-state index is 12.7. The van der Waals surface area contributed by atoms with E-state index < -0.39 is 0 Å². The lowest BCUT2D eigenvalue weighted by atomic mass is 10.1. The molecule has 1 aromatic carbocycles. The Kier molecular flexibility index (Phi) is 6.07. The van der Waals surface area contributed by atoms with Crippen LogP contribution in [-0.2, 0) is 11.2 Å². The SMILES string of the molecule is COc1ccc(C)cc1CCNC(=O)c1cccnc1N1CCOCC1. The van der Waals surface area contributed by atoms with Crippen molar-refractivity contribution < 1.29 is 14.3 Å². The molecule has 0 atom stereocenters. The summed E-state index contributed by atoms with van der Waals surface area (Å²) in [7, 11) is 1.66. The van der Waals surface area contributed by atoms with Gasteiger partial charge in [0, 0.05) is 25.8 Å². The molecule has 6 heteroatoms. The van der Waals surface area contributed by atoms with Gasteiger partial charge in [-0.3, -0.25) is 4.79 Å². The fraction of sp³-hybridized carbons (Fsp3) is 0.400. The van der Waals surface area contributed by atoms with E-state index in [2.05, 4.69) is 21.3 Å². The van der Waals surface area contributed by atoms with E-state index in [1.54, 1.807) is 19.4 Å². The molecule has 1 aliphatic heterocycles. The molecule has 6 nitrogen and oxygen atoms in total. The van der Waals surface area contributed by atoms with E-state index in [1.807, 2.05) is 25.1 Å². The number of aromatic nitrogens is 1. The highest BCUT2D eigenvalue weighted by molar-refractivity contribution is 5.98. The van der Waals surface area contributed by atoms with E-state index in [0.29, 0.717) is 31.7 Å². The van der Waals surface area contributed by atoms with Gasteiger partial charge in [0.1, 0.15) is 11.6 Å². The molecule has 1 saturated heterocycles. The van der Waals surface area contributed by atoms with Gasteiger partial charge in [0.25, 0.3) is 5.91 Å². The van der Waals surface area contributed by atoms with Crippen molar-refractivity contribution in [1.82, 2.24) is 10.3 Å². The number of hydrogen-bond donors (Lipinski definition) is 1. The number of pyridine rings is 1. The Bertz CT molecular complexity index is 758. The predicted octanol–water partition coefficient (Wildman–Crippen LogP) is 2.21. The molecule has 138 valence electrons. The van der Waals surface area contributed by atoms with E-state index in [-0.39, 0.29) is 5.91 Å². The number of benzene rings is 1. The molecule has 1 amide bonds. The number of methoxy groups -OCH3 is 1. The van der Waals surface area contributed by atoms with E-state index in [9.17, 15) is 4.79 Å². The minimum absolute atomic E-state index is 0.105. The first-order valence-electron chi connectivity index (χ1n) is 8.88. The maximum Gasteiger partial charge on any atom is 0.255 e. The number of hydrogen-bond acceptors (Lipinski definition) is 5. The first-order valence-corrected chi connectivity index (χ1v) is 8.88. The number of ether oxygens (including phenoxy) is 2. The fourth-order valence-corrected chi connectivity index (χ4v) is 3.11. The summed E-state index contributed by atoms with van der Waals surface area (Å²) in [4.78, 5) is 19.2. The van der Waals surface area contributed by atoms with Crippen LogP contribution >= 0.6 is 0 Å². The van der Waals surface area contributed by atoms with Crippen molar-refractivity contribution in [2.45, 2.75) is 13.3 Å². The standard InChI is InChI=1S/C20H25N3O3/c1-15-5-6-18(25-2)16(14-15)7-9-22-20(24)17-4-3-8-21-19(17)23-10-12-26-13-11-23/h3-6,8,14H,7,9-13H2,1-2H3,(H,22,24). The van der Waals surface area contributed by atoms with E-state index in [4.69, 9.17) is 9.47 Å². The Labute approximate surface area is 154 Å². The largest absolute Gasteiger partial charge is 0.496 e. The van der Waals surface area contributed by atoms with Gasteiger partial charge < -0.3 is 19.7 Å². The summed E-state index contributed by atoms with van der Waals surface area (Å²) in [5.74, 6) is 1.47. The summed E-state index contributed by atoms with van der Waals surface area (Å²) in [6.07, 6.45) is 2.43. The minimum atomic E-state index is -0.105. The molecular formula is C20H25N3O3. The molecule has 2 aromatic rings. The lowest BCUT2D eigenvalue weighted by molar-refractivity contribution is 0.0952. The number of anilines is 1. The Morgan fingerprint density at radius 1 is 1.31 bits per heavy atom. The normalized spacial score (nSPS) is 14.2. The molecule has 0 bridgehead atoms. The third kappa shape index (κ3) is 4.32. The van der Waals surface area contributed by atoms with Crippen LogP contribution in [0.5, 0.6) is 5.75 Å². The zero-order valence-electron chi connectivity index (χ0n) is 15.3. The number of nitrogens with one attached hydrogen (secondary N) is 1. The van der Waals surface area contributed by atoms with Gasteiger partial charge in [0.15, 0.2) is 0 Å². The van der Waals surface area contributed by atoms with Crippen LogP contribution in [-0.4, -0.2) is 50.8 Å². The third-order valence-electron chi connectivity index (χ3n) is 4.46. The molecule has 1 aromatic heterocycles. The molecule has 0 saturated carbocycles. The van der Waals surface area contributed by atoms with Crippen LogP contribution in [0.1, 0.15) is 21.5 Å². The second-order valence-corrected chi connectivity index (χ2v) is 6.30. The average Bonchev–Trinajstić information content (AvgIpc) is 2.69. The molecule has 26 heavy (non-hydrogen) atoms. The van der Waals surface area contributed by atoms with Crippen molar-refractivity contribution in [2.75, 3.05) is 44.9 Å². The smallest absolute Gasteiger partial charge is 0.255 e. The number of nitrogens with zero attached hydrogens (tertiary/aromatic N) is 2.